The van der Waals surface area contributed by atoms with E-state index in [1.807, 2.05) is 0 Å². The number of ether oxygens (including phenoxy) is 1. The van der Waals surface area contributed by atoms with Gasteiger partial charge in [-0.3, -0.25) is 19.5 Å². The van der Waals surface area contributed by atoms with Gasteiger partial charge in [0.05, 0.1) is 36.3 Å². The van der Waals surface area contributed by atoms with Crippen LogP contribution in [-0.4, -0.2) is 88.6 Å². The minimum Gasteiger partial charge on any atom is -0.506 e. The number of azo groups is 2. The van der Waals surface area contributed by atoms with Gasteiger partial charge < -0.3 is 20.1 Å². The Balaban J connectivity index is 0.00000744. The van der Waals surface area contributed by atoms with Crippen molar-refractivity contribution in [2.75, 3.05) is 30.9 Å². The molecule has 0 aliphatic heterocycles. The van der Waals surface area contributed by atoms with Gasteiger partial charge in [-0.2, -0.15) is 25.3 Å². The molecule has 0 saturated carbocycles. The summed E-state index contributed by atoms with van der Waals surface area (Å²) in [5, 5.41) is 64.2. The van der Waals surface area contributed by atoms with Gasteiger partial charge in [0.25, 0.3) is 15.7 Å². The Morgan fingerprint density at radius 3 is 2.29 bits per heavy atom. The average molecular weight is 947 g/mol. The zero-order chi connectivity index (χ0) is 41.5. The number of aromatic amines is 1. The van der Waals surface area contributed by atoms with E-state index in [4.69, 9.17) is 9.99 Å². The minimum absolute atomic E-state index is 0. The maximum Gasteiger partial charge on any atom is 0.356 e. The Hall–Kier alpha value is -4.43. The van der Waals surface area contributed by atoms with Crippen molar-refractivity contribution < 1.29 is 77.9 Å². The molecule has 1 radical (unpaired) electrons. The molecular formula is C31H30CuN7O14PS4. The van der Waals surface area contributed by atoms with Gasteiger partial charge in [-0.25, -0.2) is 23.2 Å². The summed E-state index contributed by atoms with van der Waals surface area (Å²) in [5.41, 5.74) is -3.16. The molecule has 7 N–H and O–H groups in total. The number of phenols is 2. The molecule has 58 heavy (non-hydrogen) atoms. The molecule has 5 rings (SSSR count). The zero-order valence-corrected chi connectivity index (χ0v) is 34.6. The standard InChI is InChI=1S/C31H30N7O14PS4.Cu/c1-50-23-14-21(22(39)15-24(23)56(45,46)11-10-54-9-8-32-53)34-35-26-25(57(47,48)49)12-16-2-3-17(13-20(16)29(26)40)33-36-27-28(31(42)43)37-38(30(27)41)18-4-6-19(7-5-18)55-52-51-44;/h2-7,12-15,32,37,39-40,44H,8-11,53H2,1H3,(H,42,43)(H,47,48,49);. The molecule has 0 bridgehead atoms. The summed E-state index contributed by atoms with van der Waals surface area (Å²) >= 11 is 2.05. The smallest absolute Gasteiger partial charge is 0.356 e. The number of hydrogen-bond acceptors (Lipinski definition) is 19. The molecule has 0 aliphatic rings. The van der Waals surface area contributed by atoms with E-state index in [-0.39, 0.29) is 67.1 Å². The maximum atomic E-state index is 13.2. The first-order valence-electron chi connectivity index (χ1n) is 15.7. The van der Waals surface area contributed by atoms with E-state index in [2.05, 4.69) is 49.4 Å². The SMILES string of the molecule is COc1cc(N=Nc2c(S(=O)(=O)O)cc3ccc(N=Nc4c(C(=O)O)[nH]n(-c5ccc(SOOO)cc5)c4=O)cc3c2O)c(O)cc1S(=O)(=O)CCSCCNP.[Cu]. The van der Waals surface area contributed by atoms with Crippen molar-refractivity contribution >= 4 is 92.6 Å². The van der Waals surface area contributed by atoms with Crippen molar-refractivity contribution in [3.8, 4) is 22.9 Å². The van der Waals surface area contributed by atoms with Gasteiger partial charge in [0.2, 0.25) is 0 Å². The van der Waals surface area contributed by atoms with E-state index in [9.17, 15) is 46.3 Å². The summed E-state index contributed by atoms with van der Waals surface area (Å²) in [7, 11) is -5.48. The number of aromatic hydroxyl groups is 2. The van der Waals surface area contributed by atoms with Crippen LogP contribution in [0.5, 0.6) is 17.2 Å². The number of aromatic carboxylic acids is 1. The second-order valence-electron chi connectivity index (χ2n) is 11.2. The minimum atomic E-state index is -5.07. The third-order valence-corrected chi connectivity index (χ3v) is 12.4. The molecular weight excluding hydrogens is 917 g/mol. The van der Waals surface area contributed by atoms with Gasteiger partial charge in [-0.1, -0.05) is 20.5 Å². The Morgan fingerprint density at radius 2 is 1.66 bits per heavy atom. The number of H-pyrrole nitrogens is 1. The van der Waals surface area contributed by atoms with Crippen molar-refractivity contribution in [1.29, 1.82) is 0 Å². The monoisotopic (exact) mass is 946 g/mol. The van der Waals surface area contributed by atoms with E-state index in [0.29, 0.717) is 29.2 Å². The quantitative estimate of drug-likeness (QED) is 0.00794. The third kappa shape index (κ3) is 10.8. The summed E-state index contributed by atoms with van der Waals surface area (Å²) in [4.78, 5) is 24.5. The van der Waals surface area contributed by atoms with E-state index >= 15 is 0 Å². The summed E-state index contributed by atoms with van der Waals surface area (Å²) in [6.07, 6.45) is 0. The Kier molecular flexibility index (Phi) is 16.0. The van der Waals surface area contributed by atoms with Crippen LogP contribution in [0.3, 0.4) is 0 Å². The second kappa shape index (κ2) is 20.0. The van der Waals surface area contributed by atoms with Crippen LogP contribution in [0.1, 0.15) is 10.5 Å². The number of fused-ring (bicyclic) bond motifs is 1. The van der Waals surface area contributed by atoms with Crippen LogP contribution in [0.4, 0.5) is 22.7 Å². The normalized spacial score (nSPS) is 12.1. The van der Waals surface area contributed by atoms with Crippen LogP contribution in [0.25, 0.3) is 16.5 Å². The average Bonchev–Trinajstić information content (AvgIpc) is 3.51. The van der Waals surface area contributed by atoms with Crippen LogP contribution in [0, 0.1) is 0 Å². The Labute approximate surface area is 349 Å². The Morgan fingerprint density at radius 1 is 0.948 bits per heavy atom. The molecule has 0 aliphatic carbocycles. The number of carbonyl (C=O) groups is 1. The van der Waals surface area contributed by atoms with Crippen molar-refractivity contribution in [2.24, 2.45) is 20.5 Å². The summed E-state index contributed by atoms with van der Waals surface area (Å²) < 4.78 is 71.4. The maximum absolute atomic E-state index is 13.2. The summed E-state index contributed by atoms with van der Waals surface area (Å²) in [6, 6.07) is 12.5. The molecule has 0 amide bonds. The number of phenolic OH excluding ortho intramolecular Hbond substituents is 2. The molecule has 1 aromatic heterocycles. The number of aromatic nitrogens is 2. The molecule has 0 saturated heterocycles. The molecule has 1 atom stereocenters. The number of carboxylic acid groups (broad SMARTS) is 1. The second-order valence-corrected chi connectivity index (χ2v) is 17.1. The van der Waals surface area contributed by atoms with Crippen LogP contribution >= 0.6 is 33.2 Å². The first-order chi connectivity index (χ1) is 27.1. The van der Waals surface area contributed by atoms with Gasteiger partial charge in [-0.05, 0) is 47.9 Å². The fourth-order valence-corrected chi connectivity index (χ4v) is 9.13. The molecule has 21 nitrogen and oxygen atoms in total. The van der Waals surface area contributed by atoms with E-state index in [1.54, 1.807) is 0 Å². The first kappa shape index (κ1) is 46.3. The molecule has 0 fully saturated rings. The number of nitrogens with zero attached hydrogens (tertiary/aromatic N) is 5. The van der Waals surface area contributed by atoms with Crippen LogP contribution in [0.2, 0.25) is 0 Å². The van der Waals surface area contributed by atoms with Crippen LogP contribution in [-0.2, 0) is 46.4 Å². The van der Waals surface area contributed by atoms with Crippen molar-refractivity contribution in [3.05, 3.63) is 76.7 Å². The van der Waals surface area contributed by atoms with Gasteiger partial charge in [0.1, 0.15) is 32.7 Å². The molecule has 5 aromatic rings. The number of methoxy groups -OCH3 is 1. The molecule has 1 heterocycles. The molecule has 27 heteroatoms. The van der Waals surface area contributed by atoms with Crippen molar-refractivity contribution in [3.63, 3.8) is 0 Å². The van der Waals surface area contributed by atoms with Gasteiger partial charge in [0.15, 0.2) is 27.0 Å². The summed E-state index contributed by atoms with van der Waals surface area (Å²) in [6.45, 7) is 0.643. The zero-order valence-electron chi connectivity index (χ0n) is 29.3. The molecule has 0 spiro atoms. The predicted molar refractivity (Wildman–Crippen MR) is 210 cm³/mol. The predicted octanol–water partition coefficient (Wildman–Crippen LogP) is 5.83. The number of sulfone groups is 1. The van der Waals surface area contributed by atoms with Crippen LogP contribution < -0.4 is 15.4 Å². The van der Waals surface area contributed by atoms with Gasteiger partial charge in [0, 0.05) is 57.5 Å². The third-order valence-electron chi connectivity index (χ3n) is 7.66. The first-order valence-corrected chi connectivity index (χ1v) is 21.2. The van der Waals surface area contributed by atoms with Crippen LogP contribution in [0.15, 0.2) is 101 Å². The van der Waals surface area contributed by atoms with Gasteiger partial charge in [-0.15, -0.1) is 19.7 Å². The van der Waals surface area contributed by atoms with Crippen molar-refractivity contribution in [2.45, 2.75) is 14.7 Å². The number of nitrogens with one attached hydrogen (secondary N) is 2. The number of hydrogen-bond donors (Lipinski definition) is 7. The molecule has 313 valence electrons. The Bertz CT molecular complexity index is 2660. The van der Waals surface area contributed by atoms with E-state index in [0.717, 1.165) is 22.9 Å². The topological polar surface area (TPSA) is 313 Å². The number of thioether (sulfide) groups is 1. The number of benzene rings is 4. The fourth-order valence-electron chi connectivity index (χ4n) is 4.99. The number of rotatable bonds is 18. The van der Waals surface area contributed by atoms with E-state index in [1.165, 1.54) is 61.3 Å². The number of carboxylic acids is 1. The molecule has 4 aromatic carbocycles. The largest absolute Gasteiger partial charge is 0.506 e. The van der Waals surface area contributed by atoms with E-state index < -0.39 is 64.9 Å². The summed E-state index contributed by atoms with van der Waals surface area (Å²) in [5.74, 6) is -2.63. The molecule has 1 unspecified atom stereocenters. The fraction of sp³-hybridized carbons (Fsp3) is 0.161. The van der Waals surface area contributed by atoms with Crippen molar-refractivity contribution in [1.82, 2.24) is 14.9 Å². The van der Waals surface area contributed by atoms with Gasteiger partial charge >= 0.3 is 5.97 Å².